The van der Waals surface area contributed by atoms with Gasteiger partial charge < -0.3 is 10.2 Å². The third kappa shape index (κ3) is 3.65. The Hall–Kier alpha value is -2.21. The molecular weight excluding hydrogens is 331 g/mol. The number of likely N-dealkylation sites (tertiary alicyclic amines) is 2. The van der Waals surface area contributed by atoms with Crippen molar-refractivity contribution in [1.82, 2.24) is 14.8 Å². The molecule has 1 N–H and O–H groups in total. The first-order valence-corrected chi connectivity index (χ1v) is 9.36. The van der Waals surface area contributed by atoms with Gasteiger partial charge in [-0.3, -0.25) is 14.7 Å². The van der Waals surface area contributed by atoms with E-state index in [2.05, 4.69) is 33.4 Å². The van der Waals surface area contributed by atoms with Gasteiger partial charge in [-0.2, -0.15) is 0 Å². The summed E-state index contributed by atoms with van der Waals surface area (Å²) < 4.78 is 13.5. The number of carbonyl (C=O) groups is 1. The van der Waals surface area contributed by atoms with Crippen LogP contribution in [0.5, 0.6) is 0 Å². The van der Waals surface area contributed by atoms with Crippen molar-refractivity contribution in [3.8, 4) is 0 Å². The summed E-state index contributed by atoms with van der Waals surface area (Å²) in [6.07, 6.45) is 2.39. The molecule has 2 aliphatic heterocycles. The number of hydrogen-bond acceptors (Lipinski definition) is 4. The molecule has 1 aromatic carbocycles. The molecule has 0 radical (unpaired) electrons. The first kappa shape index (κ1) is 17.2. The van der Waals surface area contributed by atoms with Gasteiger partial charge in [-0.15, -0.1) is 0 Å². The van der Waals surface area contributed by atoms with Gasteiger partial charge in [-0.25, -0.2) is 4.39 Å². The third-order valence-electron chi connectivity index (χ3n) is 5.45. The summed E-state index contributed by atoms with van der Waals surface area (Å²) >= 11 is 0. The second kappa shape index (κ2) is 7.19. The van der Waals surface area contributed by atoms with E-state index < -0.39 is 6.17 Å². The van der Waals surface area contributed by atoms with Crippen LogP contribution in [0.3, 0.4) is 0 Å². The quantitative estimate of drug-likeness (QED) is 0.915. The number of aromatic nitrogens is 1. The molecule has 3 atom stereocenters. The highest BCUT2D eigenvalue weighted by atomic mass is 19.1. The predicted octanol–water partition coefficient (Wildman–Crippen LogP) is 2.68. The normalized spacial score (nSPS) is 26.5. The number of rotatable bonds is 4. The Balaban J connectivity index is 1.32. The lowest BCUT2D eigenvalue weighted by atomic mass is 10.2. The summed E-state index contributed by atoms with van der Waals surface area (Å²) in [4.78, 5) is 20.7. The molecule has 0 saturated carbocycles. The number of nitrogens with zero attached hydrogens (tertiary/aromatic N) is 3. The van der Waals surface area contributed by atoms with Crippen molar-refractivity contribution in [3.63, 3.8) is 0 Å². The molecule has 6 heteroatoms. The van der Waals surface area contributed by atoms with Crippen molar-refractivity contribution in [2.75, 3.05) is 31.5 Å². The Labute approximate surface area is 153 Å². The van der Waals surface area contributed by atoms with Gasteiger partial charge in [0.2, 0.25) is 5.91 Å². The lowest BCUT2D eigenvalue weighted by Gasteiger charge is -2.24. The van der Waals surface area contributed by atoms with Crippen LogP contribution < -0.4 is 5.32 Å². The van der Waals surface area contributed by atoms with Crippen LogP contribution in [-0.2, 0) is 4.79 Å². The number of nitrogens with one attached hydrogen (secondary N) is 1. The van der Waals surface area contributed by atoms with Gasteiger partial charge in [-0.05, 0) is 37.6 Å². The van der Waals surface area contributed by atoms with E-state index in [0.717, 1.165) is 36.1 Å². The largest absolute Gasteiger partial charge is 0.381 e. The third-order valence-corrected chi connectivity index (χ3v) is 5.45. The topological polar surface area (TPSA) is 48.5 Å². The lowest BCUT2D eigenvalue weighted by molar-refractivity contribution is -0.132. The molecule has 4 rings (SSSR count). The Morgan fingerprint density at radius 3 is 3.04 bits per heavy atom. The number of amides is 1. The molecule has 1 amide bonds. The zero-order chi connectivity index (χ0) is 18.1. The van der Waals surface area contributed by atoms with Crippen molar-refractivity contribution >= 4 is 22.5 Å². The number of fused-ring (bicyclic) bond motifs is 1. The Morgan fingerprint density at radius 1 is 1.35 bits per heavy atom. The monoisotopic (exact) mass is 356 g/mol. The minimum absolute atomic E-state index is 0.0141. The van der Waals surface area contributed by atoms with E-state index in [9.17, 15) is 9.18 Å². The van der Waals surface area contributed by atoms with Crippen LogP contribution in [0, 0.1) is 0 Å². The second-order valence-corrected chi connectivity index (χ2v) is 7.50. The smallest absolute Gasteiger partial charge is 0.237 e. The summed E-state index contributed by atoms with van der Waals surface area (Å²) in [5.74, 6) is 0.0510. The number of pyridine rings is 1. The first-order chi connectivity index (χ1) is 12.6. The number of hydrogen-bond donors (Lipinski definition) is 1. The maximum Gasteiger partial charge on any atom is 0.237 e. The molecule has 2 saturated heterocycles. The van der Waals surface area contributed by atoms with Crippen molar-refractivity contribution in [3.05, 3.63) is 36.5 Å². The molecular formula is C20H25FN4O. The molecule has 2 fully saturated rings. The summed E-state index contributed by atoms with van der Waals surface area (Å²) in [7, 11) is 0. The second-order valence-electron chi connectivity index (χ2n) is 7.50. The van der Waals surface area contributed by atoms with Crippen molar-refractivity contribution in [2.45, 2.75) is 38.0 Å². The SMILES string of the molecule is C[C@@H]1C[C@H](F)CN1C(=O)CN1CC[C@@H](Nc2ccc3ncccc3c2)C1. The fourth-order valence-electron chi connectivity index (χ4n) is 4.09. The summed E-state index contributed by atoms with van der Waals surface area (Å²) in [5, 5.41) is 4.68. The van der Waals surface area contributed by atoms with E-state index in [4.69, 9.17) is 0 Å². The molecule has 26 heavy (non-hydrogen) atoms. The van der Waals surface area contributed by atoms with Crippen molar-refractivity contribution in [2.24, 2.45) is 0 Å². The number of alkyl halides is 1. The number of carbonyl (C=O) groups excluding carboxylic acids is 1. The zero-order valence-corrected chi connectivity index (χ0v) is 15.1. The molecule has 0 bridgehead atoms. The van der Waals surface area contributed by atoms with Gasteiger partial charge in [0, 0.05) is 48.9 Å². The number of benzene rings is 1. The summed E-state index contributed by atoms with van der Waals surface area (Å²) in [6, 6.07) is 10.5. The standard InChI is InChI=1S/C20H25FN4O/c1-14-9-16(21)11-25(14)20(26)13-24-8-6-18(12-24)23-17-4-5-19-15(10-17)3-2-7-22-19/h2-5,7,10,14,16,18,23H,6,8-9,11-13H2,1H3/t14-,16+,18-/m1/s1. The fourth-order valence-corrected chi connectivity index (χ4v) is 4.09. The van der Waals surface area contributed by atoms with E-state index in [1.54, 1.807) is 11.1 Å². The van der Waals surface area contributed by atoms with E-state index in [1.165, 1.54) is 0 Å². The van der Waals surface area contributed by atoms with Gasteiger partial charge in [0.05, 0.1) is 18.6 Å². The molecule has 0 aliphatic carbocycles. The van der Waals surface area contributed by atoms with E-state index >= 15 is 0 Å². The van der Waals surface area contributed by atoms with E-state index in [0.29, 0.717) is 19.0 Å². The maximum absolute atomic E-state index is 13.5. The van der Waals surface area contributed by atoms with Crippen LogP contribution in [0.2, 0.25) is 0 Å². The summed E-state index contributed by atoms with van der Waals surface area (Å²) in [6.45, 7) is 4.29. The zero-order valence-electron chi connectivity index (χ0n) is 15.1. The minimum atomic E-state index is -0.871. The predicted molar refractivity (Wildman–Crippen MR) is 101 cm³/mol. The Kier molecular flexibility index (Phi) is 4.76. The maximum atomic E-state index is 13.5. The van der Waals surface area contributed by atoms with Crippen LogP contribution in [0.4, 0.5) is 10.1 Å². The minimum Gasteiger partial charge on any atom is -0.381 e. The van der Waals surface area contributed by atoms with Gasteiger partial charge in [-0.1, -0.05) is 6.07 Å². The van der Waals surface area contributed by atoms with Crippen LogP contribution in [0.1, 0.15) is 19.8 Å². The number of anilines is 1. The van der Waals surface area contributed by atoms with Crippen LogP contribution in [-0.4, -0.2) is 65.1 Å². The fraction of sp³-hybridized carbons (Fsp3) is 0.500. The lowest BCUT2D eigenvalue weighted by Crippen LogP contribution is -2.42. The van der Waals surface area contributed by atoms with Crippen molar-refractivity contribution in [1.29, 1.82) is 0 Å². The first-order valence-electron chi connectivity index (χ1n) is 9.36. The molecule has 138 valence electrons. The highest BCUT2D eigenvalue weighted by Crippen LogP contribution is 2.22. The van der Waals surface area contributed by atoms with E-state index in [1.807, 2.05) is 19.1 Å². The summed E-state index contributed by atoms with van der Waals surface area (Å²) in [5.41, 5.74) is 2.07. The molecule has 2 aliphatic rings. The highest BCUT2D eigenvalue weighted by Gasteiger charge is 2.34. The van der Waals surface area contributed by atoms with E-state index in [-0.39, 0.29) is 18.5 Å². The van der Waals surface area contributed by atoms with Crippen LogP contribution >= 0.6 is 0 Å². The Bertz CT molecular complexity index is 798. The van der Waals surface area contributed by atoms with Crippen molar-refractivity contribution < 1.29 is 9.18 Å². The molecule has 1 aromatic heterocycles. The van der Waals surface area contributed by atoms with Gasteiger partial charge in [0.15, 0.2) is 0 Å². The average molecular weight is 356 g/mol. The highest BCUT2D eigenvalue weighted by molar-refractivity contribution is 5.82. The van der Waals surface area contributed by atoms with Gasteiger partial charge in [0.25, 0.3) is 0 Å². The van der Waals surface area contributed by atoms with Crippen LogP contribution in [0.25, 0.3) is 10.9 Å². The molecule has 2 aromatic rings. The Morgan fingerprint density at radius 2 is 2.23 bits per heavy atom. The number of halogens is 1. The van der Waals surface area contributed by atoms with Crippen LogP contribution in [0.15, 0.2) is 36.5 Å². The average Bonchev–Trinajstić information content (AvgIpc) is 3.20. The van der Waals surface area contributed by atoms with Gasteiger partial charge in [0.1, 0.15) is 6.17 Å². The molecule has 0 spiro atoms. The molecule has 3 heterocycles. The van der Waals surface area contributed by atoms with Gasteiger partial charge >= 0.3 is 0 Å². The molecule has 0 unspecified atom stereocenters. The molecule has 5 nitrogen and oxygen atoms in total.